The average molecular weight is 352 g/mol. The summed E-state index contributed by atoms with van der Waals surface area (Å²) in [6.45, 7) is 0. The third-order valence-corrected chi connectivity index (χ3v) is 3.10. The number of nitriles is 1. The lowest BCUT2D eigenvalue weighted by Crippen LogP contribution is -2.14. The van der Waals surface area contributed by atoms with Crippen molar-refractivity contribution in [2.24, 2.45) is 0 Å². The van der Waals surface area contributed by atoms with Gasteiger partial charge in [-0.05, 0) is 36.4 Å². The maximum atomic E-state index is 13.6. The second-order valence-electron chi connectivity index (χ2n) is 4.84. The van der Waals surface area contributed by atoms with Crippen LogP contribution in [0, 0.1) is 23.0 Å². The minimum Gasteiger partial charge on any atom is -0.321 e. The van der Waals surface area contributed by atoms with E-state index in [0.29, 0.717) is 12.1 Å². The van der Waals surface area contributed by atoms with E-state index in [1.807, 2.05) is 0 Å². The van der Waals surface area contributed by atoms with Gasteiger partial charge in [-0.3, -0.25) is 4.79 Å². The van der Waals surface area contributed by atoms with Gasteiger partial charge in [0.2, 0.25) is 0 Å². The van der Waals surface area contributed by atoms with Crippen molar-refractivity contribution < 1.29 is 26.7 Å². The van der Waals surface area contributed by atoms with Crippen molar-refractivity contribution >= 4 is 17.7 Å². The van der Waals surface area contributed by atoms with Gasteiger partial charge in [-0.25, -0.2) is 8.78 Å². The quantitative estimate of drug-likeness (QED) is 0.501. The summed E-state index contributed by atoms with van der Waals surface area (Å²) in [5.41, 5.74) is -2.47. The molecule has 0 saturated carbocycles. The fourth-order valence-corrected chi connectivity index (χ4v) is 1.91. The summed E-state index contributed by atoms with van der Waals surface area (Å²) in [4.78, 5) is 12.0. The number of benzene rings is 2. The molecule has 25 heavy (non-hydrogen) atoms. The molecule has 0 aliphatic heterocycles. The van der Waals surface area contributed by atoms with Crippen LogP contribution in [-0.4, -0.2) is 5.91 Å². The Balaban J connectivity index is 2.30. The molecule has 2 rings (SSSR count). The molecule has 2 aromatic carbocycles. The zero-order chi connectivity index (χ0) is 18.6. The molecule has 0 heterocycles. The highest BCUT2D eigenvalue weighted by Gasteiger charge is 2.30. The monoisotopic (exact) mass is 352 g/mol. The van der Waals surface area contributed by atoms with Crippen LogP contribution in [0.1, 0.15) is 11.1 Å². The molecule has 0 saturated heterocycles. The summed E-state index contributed by atoms with van der Waals surface area (Å²) in [5.74, 6) is -3.07. The Kier molecular flexibility index (Phi) is 5.17. The van der Waals surface area contributed by atoms with Crippen LogP contribution in [0.25, 0.3) is 6.08 Å². The molecule has 2 aromatic rings. The summed E-state index contributed by atoms with van der Waals surface area (Å²) >= 11 is 0. The smallest absolute Gasteiger partial charge is 0.321 e. The number of alkyl halides is 3. The van der Waals surface area contributed by atoms with Gasteiger partial charge in [-0.1, -0.05) is 12.1 Å². The van der Waals surface area contributed by atoms with Crippen molar-refractivity contribution in [2.75, 3.05) is 5.32 Å². The Morgan fingerprint density at radius 2 is 1.68 bits per heavy atom. The molecule has 0 atom stereocenters. The van der Waals surface area contributed by atoms with Crippen molar-refractivity contribution in [1.82, 2.24) is 0 Å². The fourth-order valence-electron chi connectivity index (χ4n) is 1.91. The highest BCUT2D eigenvalue weighted by molar-refractivity contribution is 6.09. The number of carbonyl (C=O) groups is 1. The van der Waals surface area contributed by atoms with Crippen molar-refractivity contribution in [3.8, 4) is 6.07 Å². The Labute approximate surface area is 139 Å². The van der Waals surface area contributed by atoms with Gasteiger partial charge in [0.15, 0.2) is 0 Å². The van der Waals surface area contributed by atoms with Gasteiger partial charge < -0.3 is 5.32 Å². The number of hydrogen-bond donors (Lipinski definition) is 1. The van der Waals surface area contributed by atoms with Crippen LogP contribution in [0.2, 0.25) is 0 Å². The van der Waals surface area contributed by atoms with E-state index in [2.05, 4.69) is 5.32 Å². The van der Waals surface area contributed by atoms with Gasteiger partial charge >= 0.3 is 6.18 Å². The van der Waals surface area contributed by atoms with Crippen LogP contribution in [-0.2, 0) is 11.0 Å². The Bertz CT molecular complexity index is 861. The average Bonchev–Trinajstić information content (AvgIpc) is 2.54. The number of amides is 1. The molecule has 0 unspecified atom stereocenters. The Hall–Kier alpha value is -3.21. The molecule has 0 radical (unpaired) electrons. The maximum absolute atomic E-state index is 13.6. The van der Waals surface area contributed by atoms with Crippen LogP contribution in [0.3, 0.4) is 0 Å². The lowest BCUT2D eigenvalue weighted by Gasteiger charge is -2.09. The van der Waals surface area contributed by atoms with E-state index >= 15 is 0 Å². The molecule has 0 aromatic heterocycles. The lowest BCUT2D eigenvalue weighted by atomic mass is 10.1. The predicted molar refractivity (Wildman–Crippen MR) is 80.0 cm³/mol. The molecular weight excluding hydrogens is 343 g/mol. The van der Waals surface area contributed by atoms with Crippen molar-refractivity contribution in [3.63, 3.8) is 0 Å². The van der Waals surface area contributed by atoms with Crippen molar-refractivity contribution in [3.05, 3.63) is 70.8 Å². The predicted octanol–water partition coefficient (Wildman–Crippen LogP) is 4.53. The molecule has 3 nitrogen and oxygen atoms in total. The molecule has 1 amide bonds. The number of rotatable bonds is 3. The third-order valence-electron chi connectivity index (χ3n) is 3.10. The number of carbonyl (C=O) groups excluding carboxylic acids is 1. The van der Waals surface area contributed by atoms with Gasteiger partial charge in [-0.15, -0.1) is 0 Å². The molecule has 8 heteroatoms. The van der Waals surface area contributed by atoms with E-state index in [9.17, 15) is 26.7 Å². The van der Waals surface area contributed by atoms with Crippen LogP contribution >= 0.6 is 0 Å². The van der Waals surface area contributed by atoms with Gasteiger partial charge in [0.25, 0.3) is 5.91 Å². The van der Waals surface area contributed by atoms with Gasteiger partial charge in [0.1, 0.15) is 23.3 Å². The SMILES string of the molecule is N#C/C(=C\c1c(F)cccc1F)C(=O)Nc1cccc(C(F)(F)F)c1. The van der Waals surface area contributed by atoms with E-state index in [4.69, 9.17) is 5.26 Å². The summed E-state index contributed by atoms with van der Waals surface area (Å²) in [5, 5.41) is 11.1. The second kappa shape index (κ2) is 7.13. The summed E-state index contributed by atoms with van der Waals surface area (Å²) in [6.07, 6.45) is -3.92. The fraction of sp³-hybridized carbons (Fsp3) is 0.0588. The first-order valence-electron chi connectivity index (χ1n) is 6.77. The zero-order valence-corrected chi connectivity index (χ0v) is 12.4. The van der Waals surface area contributed by atoms with Crippen LogP contribution in [0.4, 0.5) is 27.6 Å². The van der Waals surface area contributed by atoms with Gasteiger partial charge in [0.05, 0.1) is 5.56 Å². The number of halogens is 5. The number of hydrogen-bond acceptors (Lipinski definition) is 2. The van der Waals surface area contributed by atoms with E-state index in [1.54, 1.807) is 0 Å². The third kappa shape index (κ3) is 4.41. The Morgan fingerprint density at radius 3 is 2.24 bits per heavy atom. The summed E-state index contributed by atoms with van der Waals surface area (Å²) in [6, 6.07) is 8.20. The number of nitrogens with zero attached hydrogens (tertiary/aromatic N) is 1. The minimum atomic E-state index is -4.61. The molecule has 0 aliphatic rings. The molecule has 1 N–H and O–H groups in total. The molecule has 128 valence electrons. The van der Waals surface area contributed by atoms with Crippen LogP contribution in [0.15, 0.2) is 48.0 Å². The summed E-state index contributed by atoms with van der Waals surface area (Å²) < 4.78 is 65.1. The standard InChI is InChI=1S/C17H9F5N2O/c18-14-5-2-6-15(19)13(14)7-10(9-23)16(25)24-12-4-1-3-11(8-12)17(20,21)22/h1-8H,(H,24,25)/b10-7+. The molecule has 0 fully saturated rings. The van der Waals surface area contributed by atoms with Crippen LogP contribution in [0.5, 0.6) is 0 Å². The van der Waals surface area contributed by atoms with Gasteiger partial charge in [-0.2, -0.15) is 18.4 Å². The first-order chi connectivity index (χ1) is 11.7. The van der Waals surface area contributed by atoms with Crippen molar-refractivity contribution in [1.29, 1.82) is 5.26 Å². The molecule has 0 aliphatic carbocycles. The number of anilines is 1. The van der Waals surface area contributed by atoms with E-state index in [0.717, 1.165) is 30.3 Å². The zero-order valence-electron chi connectivity index (χ0n) is 12.4. The second-order valence-corrected chi connectivity index (χ2v) is 4.84. The highest BCUT2D eigenvalue weighted by atomic mass is 19.4. The molecule has 0 bridgehead atoms. The largest absolute Gasteiger partial charge is 0.416 e. The van der Waals surface area contributed by atoms with E-state index in [1.165, 1.54) is 12.1 Å². The first-order valence-corrected chi connectivity index (χ1v) is 6.77. The minimum absolute atomic E-state index is 0.213. The van der Waals surface area contributed by atoms with Crippen LogP contribution < -0.4 is 5.32 Å². The maximum Gasteiger partial charge on any atom is 0.416 e. The van der Waals surface area contributed by atoms with E-state index in [-0.39, 0.29) is 5.69 Å². The molecule has 0 spiro atoms. The normalized spacial score (nSPS) is 11.8. The van der Waals surface area contributed by atoms with Gasteiger partial charge in [0, 0.05) is 11.3 Å². The summed E-state index contributed by atoms with van der Waals surface area (Å²) in [7, 11) is 0. The Morgan fingerprint density at radius 1 is 1.08 bits per heavy atom. The highest BCUT2D eigenvalue weighted by Crippen LogP contribution is 2.30. The first kappa shape index (κ1) is 18.1. The number of nitrogens with one attached hydrogen (secondary N) is 1. The van der Waals surface area contributed by atoms with E-state index < -0.39 is 40.4 Å². The molecular formula is C17H9F5N2O. The topological polar surface area (TPSA) is 52.9 Å². The van der Waals surface area contributed by atoms with Crippen molar-refractivity contribution in [2.45, 2.75) is 6.18 Å². The lowest BCUT2D eigenvalue weighted by molar-refractivity contribution is -0.137.